The maximum Gasteiger partial charge on any atom is 0.253 e. The Bertz CT molecular complexity index is 976. The topological polar surface area (TPSA) is 66.9 Å². The maximum atomic E-state index is 13.8. The summed E-state index contributed by atoms with van der Waals surface area (Å²) in [4.78, 5) is 13.9. The van der Waals surface area contributed by atoms with Crippen molar-refractivity contribution in [2.24, 2.45) is 0 Å². The van der Waals surface area contributed by atoms with Crippen LogP contribution in [-0.4, -0.2) is 56.9 Å². The van der Waals surface area contributed by atoms with E-state index in [2.05, 4.69) is 0 Å². The minimum Gasteiger partial charge on any atom is -0.379 e. The average Bonchev–Trinajstić information content (AvgIpc) is 2.70. The Balaban J connectivity index is 1.79. The number of rotatable bonds is 5. The second kappa shape index (κ2) is 8.34. The van der Waals surface area contributed by atoms with Crippen LogP contribution in [0.1, 0.15) is 15.9 Å². The molecule has 1 aliphatic heterocycles. The molecule has 6 nitrogen and oxygen atoms in total. The molecule has 1 aliphatic rings. The molecule has 3 rings (SSSR count). The molecule has 9 heteroatoms. The number of carbonyl (C=O) groups excluding carboxylic acids is 1. The van der Waals surface area contributed by atoms with E-state index in [1.165, 1.54) is 46.6 Å². The van der Waals surface area contributed by atoms with Gasteiger partial charge in [-0.2, -0.15) is 4.31 Å². The van der Waals surface area contributed by atoms with Crippen LogP contribution < -0.4 is 0 Å². The van der Waals surface area contributed by atoms with Gasteiger partial charge in [0, 0.05) is 43.9 Å². The van der Waals surface area contributed by atoms with Crippen LogP contribution in [0, 0.1) is 11.6 Å². The number of sulfonamides is 1. The van der Waals surface area contributed by atoms with Crippen LogP contribution in [-0.2, 0) is 21.3 Å². The Morgan fingerprint density at radius 2 is 1.86 bits per heavy atom. The van der Waals surface area contributed by atoms with Gasteiger partial charge in [-0.1, -0.05) is 12.1 Å². The van der Waals surface area contributed by atoms with Gasteiger partial charge in [0.15, 0.2) is 0 Å². The molecule has 0 unspecified atom stereocenters. The van der Waals surface area contributed by atoms with E-state index in [0.717, 1.165) is 12.1 Å². The van der Waals surface area contributed by atoms with E-state index < -0.39 is 27.6 Å². The number of ether oxygens (including phenoxy) is 1. The molecule has 1 saturated heterocycles. The molecule has 0 atom stereocenters. The third-order valence-electron chi connectivity index (χ3n) is 4.46. The van der Waals surface area contributed by atoms with Crippen molar-refractivity contribution >= 4 is 15.9 Å². The zero-order valence-electron chi connectivity index (χ0n) is 15.3. The number of nitrogens with zero attached hydrogens (tertiary/aromatic N) is 2. The summed E-state index contributed by atoms with van der Waals surface area (Å²) in [6.07, 6.45) is 0. The van der Waals surface area contributed by atoms with E-state index in [1.54, 1.807) is 0 Å². The summed E-state index contributed by atoms with van der Waals surface area (Å²) in [7, 11) is -2.27. The lowest BCUT2D eigenvalue weighted by molar-refractivity contribution is 0.0730. The van der Waals surface area contributed by atoms with Crippen LogP contribution >= 0.6 is 0 Å². The molecule has 0 aromatic heterocycles. The SMILES string of the molecule is CN(Cc1ccc(F)cc1F)C(=O)c1cccc(S(=O)(=O)N2CCOCC2)c1. The lowest BCUT2D eigenvalue weighted by Crippen LogP contribution is -2.40. The van der Waals surface area contributed by atoms with Crippen molar-refractivity contribution in [2.75, 3.05) is 33.4 Å². The quantitative estimate of drug-likeness (QED) is 0.759. The summed E-state index contributed by atoms with van der Waals surface area (Å²) in [5.74, 6) is -1.91. The van der Waals surface area contributed by atoms with Crippen molar-refractivity contribution in [3.8, 4) is 0 Å². The van der Waals surface area contributed by atoms with E-state index in [0.29, 0.717) is 13.2 Å². The van der Waals surface area contributed by atoms with Crippen LogP contribution in [0.25, 0.3) is 0 Å². The highest BCUT2D eigenvalue weighted by molar-refractivity contribution is 7.89. The van der Waals surface area contributed by atoms with Gasteiger partial charge in [-0.05, 0) is 24.3 Å². The molecular weight excluding hydrogens is 390 g/mol. The molecule has 28 heavy (non-hydrogen) atoms. The summed E-state index contributed by atoms with van der Waals surface area (Å²) in [5, 5.41) is 0. The van der Waals surface area contributed by atoms with E-state index >= 15 is 0 Å². The molecule has 1 amide bonds. The highest BCUT2D eigenvalue weighted by Gasteiger charge is 2.27. The first-order valence-electron chi connectivity index (χ1n) is 8.66. The molecule has 0 spiro atoms. The molecule has 0 bridgehead atoms. The van der Waals surface area contributed by atoms with Gasteiger partial charge in [0.05, 0.1) is 18.1 Å². The molecule has 0 radical (unpaired) electrons. The minimum absolute atomic E-state index is 0.0154. The van der Waals surface area contributed by atoms with E-state index in [4.69, 9.17) is 4.74 Å². The first kappa shape index (κ1) is 20.4. The lowest BCUT2D eigenvalue weighted by atomic mass is 10.1. The first-order valence-corrected chi connectivity index (χ1v) is 10.1. The molecule has 0 aliphatic carbocycles. The predicted octanol–water partition coefficient (Wildman–Crippen LogP) is 2.26. The van der Waals surface area contributed by atoms with Gasteiger partial charge < -0.3 is 9.64 Å². The van der Waals surface area contributed by atoms with E-state index in [9.17, 15) is 22.0 Å². The van der Waals surface area contributed by atoms with Gasteiger partial charge in [0.1, 0.15) is 11.6 Å². The normalized spacial score (nSPS) is 15.4. The van der Waals surface area contributed by atoms with Crippen LogP contribution in [0.15, 0.2) is 47.4 Å². The van der Waals surface area contributed by atoms with Crippen LogP contribution in [0.2, 0.25) is 0 Å². The number of amides is 1. The number of morpholine rings is 1. The van der Waals surface area contributed by atoms with Gasteiger partial charge in [0.2, 0.25) is 10.0 Å². The highest BCUT2D eigenvalue weighted by Crippen LogP contribution is 2.20. The average molecular weight is 410 g/mol. The van der Waals surface area contributed by atoms with Crippen molar-refractivity contribution in [3.05, 3.63) is 65.2 Å². The van der Waals surface area contributed by atoms with Crippen LogP contribution in [0.3, 0.4) is 0 Å². The van der Waals surface area contributed by atoms with Crippen molar-refractivity contribution in [2.45, 2.75) is 11.4 Å². The third-order valence-corrected chi connectivity index (χ3v) is 6.35. The molecule has 0 N–H and O–H groups in total. The standard InChI is InChI=1S/C19H20F2N2O4S/c1-22(13-15-5-6-16(20)12-18(15)21)19(24)14-3-2-4-17(11-14)28(25,26)23-7-9-27-10-8-23/h2-6,11-12H,7-10,13H2,1H3. The summed E-state index contributed by atoms with van der Waals surface area (Å²) in [5.41, 5.74) is 0.327. The lowest BCUT2D eigenvalue weighted by Gasteiger charge is -2.26. The van der Waals surface area contributed by atoms with Crippen LogP contribution in [0.5, 0.6) is 0 Å². The van der Waals surface area contributed by atoms with Gasteiger partial charge in [-0.15, -0.1) is 0 Å². The van der Waals surface area contributed by atoms with E-state index in [-0.39, 0.29) is 35.7 Å². The molecule has 150 valence electrons. The van der Waals surface area contributed by atoms with Gasteiger partial charge >= 0.3 is 0 Å². The Morgan fingerprint density at radius 1 is 1.14 bits per heavy atom. The Kier molecular flexibility index (Phi) is 6.07. The van der Waals surface area contributed by atoms with Crippen molar-refractivity contribution in [1.82, 2.24) is 9.21 Å². The summed E-state index contributed by atoms with van der Waals surface area (Å²) < 4.78 is 58.9. The number of hydrogen-bond donors (Lipinski definition) is 0. The first-order chi connectivity index (χ1) is 13.3. The van der Waals surface area contributed by atoms with E-state index in [1.807, 2.05) is 0 Å². The van der Waals surface area contributed by atoms with Gasteiger partial charge in [-0.25, -0.2) is 17.2 Å². The third kappa shape index (κ3) is 4.37. The summed E-state index contributed by atoms with van der Waals surface area (Å²) in [6.45, 7) is 1.08. The summed E-state index contributed by atoms with van der Waals surface area (Å²) >= 11 is 0. The molecule has 1 heterocycles. The maximum absolute atomic E-state index is 13.8. The van der Waals surface area contributed by atoms with Crippen molar-refractivity contribution < 1.29 is 26.7 Å². The van der Waals surface area contributed by atoms with Crippen molar-refractivity contribution in [3.63, 3.8) is 0 Å². The molecule has 1 fully saturated rings. The zero-order chi connectivity index (χ0) is 20.3. The molecular formula is C19H20F2N2O4S. The molecule has 0 saturated carbocycles. The fourth-order valence-electron chi connectivity index (χ4n) is 2.92. The zero-order valence-corrected chi connectivity index (χ0v) is 16.1. The Labute approximate surface area is 162 Å². The van der Waals surface area contributed by atoms with Gasteiger partial charge in [0.25, 0.3) is 5.91 Å². The summed E-state index contributed by atoms with van der Waals surface area (Å²) in [6, 6.07) is 8.88. The predicted molar refractivity (Wildman–Crippen MR) is 98.2 cm³/mol. The number of carbonyl (C=O) groups is 1. The molecule has 2 aromatic carbocycles. The number of hydrogen-bond acceptors (Lipinski definition) is 4. The fraction of sp³-hybridized carbons (Fsp3) is 0.316. The largest absolute Gasteiger partial charge is 0.379 e. The smallest absolute Gasteiger partial charge is 0.253 e. The monoisotopic (exact) mass is 410 g/mol. The second-order valence-electron chi connectivity index (χ2n) is 6.44. The minimum atomic E-state index is -3.73. The molecule has 2 aromatic rings. The number of benzene rings is 2. The van der Waals surface area contributed by atoms with Crippen LogP contribution in [0.4, 0.5) is 8.78 Å². The number of halogens is 2. The second-order valence-corrected chi connectivity index (χ2v) is 8.38. The highest BCUT2D eigenvalue weighted by atomic mass is 32.2. The Morgan fingerprint density at radius 3 is 2.54 bits per heavy atom. The fourth-order valence-corrected chi connectivity index (χ4v) is 4.38. The van der Waals surface area contributed by atoms with Crippen molar-refractivity contribution in [1.29, 1.82) is 0 Å². The van der Waals surface area contributed by atoms with Gasteiger partial charge in [-0.3, -0.25) is 4.79 Å². The Hall–Kier alpha value is -2.36.